The highest BCUT2D eigenvalue weighted by Gasteiger charge is 2.34. The van der Waals surface area contributed by atoms with Gasteiger partial charge in [-0.15, -0.1) is 0 Å². The molecule has 2 heterocycles. The fourth-order valence-corrected chi connectivity index (χ4v) is 2.98. The van der Waals surface area contributed by atoms with Gasteiger partial charge < -0.3 is 10.2 Å². The fourth-order valence-electron chi connectivity index (χ4n) is 2.98. The lowest BCUT2D eigenvalue weighted by Gasteiger charge is -2.35. The molecule has 0 amide bonds. The van der Waals surface area contributed by atoms with Gasteiger partial charge in [0.15, 0.2) is 0 Å². The second kappa shape index (κ2) is 4.63. The van der Waals surface area contributed by atoms with Crippen molar-refractivity contribution in [1.29, 1.82) is 0 Å². The minimum Gasteiger partial charge on any atom is -0.311 e. The molecule has 82 valence electrons. The normalized spacial score (nSPS) is 36.6. The first-order valence-electron chi connectivity index (χ1n) is 6.26. The highest BCUT2D eigenvalue weighted by molar-refractivity contribution is 4.94. The van der Waals surface area contributed by atoms with Crippen LogP contribution in [0.3, 0.4) is 0 Å². The molecule has 2 atom stereocenters. The second-order valence-corrected chi connectivity index (χ2v) is 5.10. The van der Waals surface area contributed by atoms with Gasteiger partial charge in [0.1, 0.15) is 0 Å². The van der Waals surface area contributed by atoms with E-state index >= 15 is 0 Å². The molecule has 2 saturated heterocycles. The van der Waals surface area contributed by atoms with Crippen LogP contribution in [0.2, 0.25) is 0 Å². The molecule has 2 aliphatic rings. The summed E-state index contributed by atoms with van der Waals surface area (Å²) in [4.78, 5) is 2.59. The summed E-state index contributed by atoms with van der Waals surface area (Å²) < 4.78 is 0. The molecular formula is C12H24N2. The zero-order valence-corrected chi connectivity index (χ0v) is 9.63. The van der Waals surface area contributed by atoms with E-state index in [2.05, 4.69) is 24.2 Å². The van der Waals surface area contributed by atoms with Crippen molar-refractivity contribution in [2.45, 2.75) is 63.6 Å². The second-order valence-electron chi connectivity index (χ2n) is 5.10. The predicted molar refractivity (Wildman–Crippen MR) is 60.5 cm³/mol. The summed E-state index contributed by atoms with van der Waals surface area (Å²) in [6, 6.07) is 2.53. The average molecular weight is 196 g/mol. The van der Waals surface area contributed by atoms with E-state index in [0.29, 0.717) is 0 Å². The first kappa shape index (κ1) is 10.4. The lowest BCUT2D eigenvalue weighted by atomic mass is 9.98. The van der Waals surface area contributed by atoms with E-state index < -0.39 is 0 Å². The minimum atomic E-state index is 0.836. The number of fused-ring (bicyclic) bond motifs is 2. The molecule has 0 radical (unpaired) electrons. The zero-order chi connectivity index (χ0) is 9.97. The molecule has 0 aliphatic carbocycles. The van der Waals surface area contributed by atoms with Gasteiger partial charge in [0.25, 0.3) is 0 Å². The molecule has 2 bridgehead atoms. The van der Waals surface area contributed by atoms with Gasteiger partial charge in [-0.05, 0) is 45.7 Å². The van der Waals surface area contributed by atoms with Crippen LogP contribution >= 0.6 is 0 Å². The largest absolute Gasteiger partial charge is 0.311 e. The van der Waals surface area contributed by atoms with Crippen LogP contribution in [0.5, 0.6) is 0 Å². The Morgan fingerprint density at radius 3 is 2.43 bits per heavy atom. The summed E-state index contributed by atoms with van der Waals surface area (Å²) in [5, 5.41) is 3.70. The molecule has 0 aromatic rings. The van der Waals surface area contributed by atoms with Gasteiger partial charge in [0.2, 0.25) is 0 Å². The molecule has 2 aliphatic heterocycles. The number of piperidine rings is 1. The third kappa shape index (κ3) is 2.29. The van der Waals surface area contributed by atoms with E-state index in [-0.39, 0.29) is 0 Å². The smallest absolute Gasteiger partial charge is 0.0122 e. The van der Waals surface area contributed by atoms with Crippen molar-refractivity contribution in [2.24, 2.45) is 0 Å². The molecule has 0 aromatic carbocycles. The maximum Gasteiger partial charge on any atom is 0.0122 e. The Bertz CT molecular complexity index is 169. The van der Waals surface area contributed by atoms with Crippen LogP contribution in [-0.2, 0) is 0 Å². The summed E-state index contributed by atoms with van der Waals surface area (Å²) in [5.41, 5.74) is 0. The molecule has 2 rings (SSSR count). The van der Waals surface area contributed by atoms with Crippen LogP contribution in [0.4, 0.5) is 0 Å². The van der Waals surface area contributed by atoms with Crippen LogP contribution in [0.15, 0.2) is 0 Å². The molecule has 1 N–H and O–H groups in total. The molecule has 14 heavy (non-hydrogen) atoms. The van der Waals surface area contributed by atoms with E-state index in [9.17, 15) is 0 Å². The number of nitrogens with one attached hydrogen (secondary N) is 1. The predicted octanol–water partition coefficient (Wildman–Crippen LogP) is 2.00. The topological polar surface area (TPSA) is 15.3 Å². The third-order valence-electron chi connectivity index (χ3n) is 3.94. The average Bonchev–Trinajstić information content (AvgIpc) is 2.54. The zero-order valence-electron chi connectivity index (χ0n) is 9.63. The minimum absolute atomic E-state index is 0.836. The Morgan fingerprint density at radius 1 is 1.21 bits per heavy atom. The fraction of sp³-hybridized carbons (Fsp3) is 1.00. The van der Waals surface area contributed by atoms with Gasteiger partial charge in [-0.25, -0.2) is 0 Å². The Morgan fingerprint density at radius 2 is 1.86 bits per heavy atom. The summed E-state index contributed by atoms with van der Waals surface area (Å²) in [6.07, 6.45) is 8.29. The van der Waals surface area contributed by atoms with Crippen molar-refractivity contribution in [3.63, 3.8) is 0 Å². The number of hydrogen-bond acceptors (Lipinski definition) is 2. The molecule has 0 aromatic heterocycles. The van der Waals surface area contributed by atoms with Crippen molar-refractivity contribution < 1.29 is 0 Å². The number of hydrogen-bond donors (Lipinski definition) is 1. The van der Waals surface area contributed by atoms with Gasteiger partial charge in [-0.3, -0.25) is 0 Å². The molecule has 0 saturated carbocycles. The van der Waals surface area contributed by atoms with Gasteiger partial charge in [-0.2, -0.15) is 0 Å². The van der Waals surface area contributed by atoms with Crippen LogP contribution in [0.1, 0.15) is 45.4 Å². The van der Waals surface area contributed by atoms with Gasteiger partial charge >= 0.3 is 0 Å². The molecular weight excluding hydrogens is 172 g/mol. The lowest BCUT2D eigenvalue weighted by molar-refractivity contribution is 0.170. The maximum absolute atomic E-state index is 3.70. The highest BCUT2D eigenvalue weighted by Crippen LogP contribution is 2.29. The number of unbranched alkanes of at least 4 members (excludes halogenated alkanes) is 1. The summed E-state index contributed by atoms with van der Waals surface area (Å²) in [5.74, 6) is 0. The van der Waals surface area contributed by atoms with E-state index in [1.54, 1.807) is 0 Å². The van der Waals surface area contributed by atoms with Crippen LogP contribution < -0.4 is 5.32 Å². The lowest BCUT2D eigenvalue weighted by Crippen LogP contribution is -2.47. The highest BCUT2D eigenvalue weighted by atomic mass is 15.2. The SMILES string of the molecule is CCCCN(C)C1CC2CCC(C1)N2. The third-order valence-corrected chi connectivity index (χ3v) is 3.94. The molecule has 2 heteroatoms. The van der Waals surface area contributed by atoms with E-state index in [4.69, 9.17) is 0 Å². The van der Waals surface area contributed by atoms with Gasteiger partial charge in [0.05, 0.1) is 0 Å². The Hall–Kier alpha value is -0.0800. The van der Waals surface area contributed by atoms with Crippen LogP contribution in [-0.4, -0.2) is 36.6 Å². The molecule has 2 fully saturated rings. The molecule has 0 spiro atoms. The summed E-state index contributed by atoms with van der Waals surface area (Å²) in [6.45, 7) is 3.57. The monoisotopic (exact) mass is 196 g/mol. The number of rotatable bonds is 4. The molecule has 2 nitrogen and oxygen atoms in total. The standard InChI is InChI=1S/C12H24N2/c1-3-4-7-14(2)12-8-10-5-6-11(9-12)13-10/h10-13H,3-9H2,1-2H3. The maximum atomic E-state index is 3.70. The van der Waals surface area contributed by atoms with E-state index in [1.807, 2.05) is 0 Å². The van der Waals surface area contributed by atoms with E-state index in [0.717, 1.165) is 18.1 Å². The van der Waals surface area contributed by atoms with Crippen molar-refractivity contribution >= 4 is 0 Å². The molecule has 2 unspecified atom stereocenters. The first-order chi connectivity index (χ1) is 6.79. The van der Waals surface area contributed by atoms with Gasteiger partial charge in [-0.1, -0.05) is 13.3 Å². The first-order valence-corrected chi connectivity index (χ1v) is 6.26. The van der Waals surface area contributed by atoms with Crippen molar-refractivity contribution in [2.75, 3.05) is 13.6 Å². The summed E-state index contributed by atoms with van der Waals surface area (Å²) in [7, 11) is 2.31. The Labute approximate surface area is 88.1 Å². The van der Waals surface area contributed by atoms with Crippen LogP contribution in [0, 0.1) is 0 Å². The van der Waals surface area contributed by atoms with Crippen molar-refractivity contribution in [1.82, 2.24) is 10.2 Å². The Kier molecular flexibility index (Phi) is 3.45. The van der Waals surface area contributed by atoms with E-state index in [1.165, 1.54) is 45.1 Å². The van der Waals surface area contributed by atoms with Crippen molar-refractivity contribution in [3.05, 3.63) is 0 Å². The van der Waals surface area contributed by atoms with Crippen molar-refractivity contribution in [3.8, 4) is 0 Å². The quantitative estimate of drug-likeness (QED) is 0.740. The van der Waals surface area contributed by atoms with Gasteiger partial charge in [0, 0.05) is 18.1 Å². The van der Waals surface area contributed by atoms with Crippen LogP contribution in [0.25, 0.3) is 0 Å². The summed E-state index contributed by atoms with van der Waals surface area (Å²) >= 11 is 0. The number of nitrogens with zero attached hydrogens (tertiary/aromatic N) is 1. The Balaban J connectivity index is 1.80.